The molecular weight excluding hydrogens is 296 g/mol. The fraction of sp³-hybridized carbons (Fsp3) is 0.682. The van der Waals surface area contributed by atoms with Gasteiger partial charge in [-0.15, -0.1) is 0 Å². The van der Waals surface area contributed by atoms with Gasteiger partial charge in [-0.3, -0.25) is 4.79 Å². The second kappa shape index (κ2) is 10.5. The summed E-state index contributed by atoms with van der Waals surface area (Å²) in [6.07, 6.45) is 11.7. The molecule has 2 rings (SSSR count). The predicted molar refractivity (Wildman–Crippen MR) is 101 cm³/mol. The minimum absolute atomic E-state index is 0.112. The van der Waals surface area contributed by atoms with Gasteiger partial charge >= 0.3 is 0 Å². The van der Waals surface area contributed by atoms with Crippen LogP contribution in [0.3, 0.4) is 0 Å². The molecule has 1 aliphatic carbocycles. The van der Waals surface area contributed by atoms with E-state index in [1.165, 1.54) is 50.5 Å². The van der Waals surface area contributed by atoms with Gasteiger partial charge in [0.1, 0.15) is 11.5 Å². The van der Waals surface area contributed by atoms with Crippen LogP contribution in [0.2, 0.25) is 0 Å². The van der Waals surface area contributed by atoms with E-state index in [0.29, 0.717) is 11.7 Å². The molecule has 24 heavy (non-hydrogen) atoms. The Morgan fingerprint density at radius 3 is 2.38 bits per heavy atom. The van der Waals surface area contributed by atoms with Gasteiger partial charge in [0.15, 0.2) is 0 Å². The fourth-order valence-electron chi connectivity index (χ4n) is 3.79. The SMILES string of the molecule is CCCCCCCOc1ccc(C2CCC(CCC)CC2=O)cc1. The third-order valence-electron chi connectivity index (χ3n) is 5.24. The molecule has 0 heterocycles. The number of ether oxygens (including phenoxy) is 1. The zero-order valence-electron chi connectivity index (χ0n) is 15.6. The molecule has 0 N–H and O–H groups in total. The largest absolute Gasteiger partial charge is 0.494 e. The molecule has 1 fully saturated rings. The van der Waals surface area contributed by atoms with Gasteiger partial charge in [0.05, 0.1) is 6.61 Å². The highest BCUT2D eigenvalue weighted by Crippen LogP contribution is 2.35. The van der Waals surface area contributed by atoms with Crippen LogP contribution in [0.25, 0.3) is 0 Å². The van der Waals surface area contributed by atoms with E-state index in [1.54, 1.807) is 0 Å². The summed E-state index contributed by atoms with van der Waals surface area (Å²) < 4.78 is 5.82. The van der Waals surface area contributed by atoms with Gasteiger partial charge in [0.2, 0.25) is 0 Å². The van der Waals surface area contributed by atoms with Crippen LogP contribution < -0.4 is 4.74 Å². The Balaban J connectivity index is 1.76. The average Bonchev–Trinajstić information content (AvgIpc) is 2.59. The Morgan fingerprint density at radius 2 is 1.71 bits per heavy atom. The van der Waals surface area contributed by atoms with E-state index in [4.69, 9.17) is 4.74 Å². The Labute approximate surface area is 148 Å². The normalized spacial score (nSPS) is 21.0. The Morgan fingerprint density at radius 1 is 0.958 bits per heavy atom. The highest BCUT2D eigenvalue weighted by Gasteiger charge is 2.29. The van der Waals surface area contributed by atoms with E-state index in [-0.39, 0.29) is 5.92 Å². The zero-order chi connectivity index (χ0) is 17.2. The van der Waals surface area contributed by atoms with Crippen molar-refractivity contribution in [2.75, 3.05) is 6.61 Å². The topological polar surface area (TPSA) is 26.3 Å². The maximum Gasteiger partial charge on any atom is 0.140 e. The standard InChI is InChI=1S/C22H34O2/c1-3-5-6-7-8-16-24-20-13-11-19(12-14-20)21-15-10-18(9-4-2)17-22(21)23/h11-14,18,21H,3-10,15-17H2,1-2H3. The first kappa shape index (κ1) is 19.0. The molecule has 1 saturated carbocycles. The quantitative estimate of drug-likeness (QED) is 0.471. The van der Waals surface area contributed by atoms with Crippen molar-refractivity contribution in [1.82, 2.24) is 0 Å². The van der Waals surface area contributed by atoms with Crippen molar-refractivity contribution in [2.45, 2.75) is 84.0 Å². The molecule has 2 heteroatoms. The second-order valence-corrected chi connectivity index (χ2v) is 7.29. The molecular formula is C22H34O2. The van der Waals surface area contributed by atoms with Crippen LogP contribution in [-0.4, -0.2) is 12.4 Å². The summed E-state index contributed by atoms with van der Waals surface area (Å²) in [6.45, 7) is 5.24. The molecule has 0 saturated heterocycles. The lowest BCUT2D eigenvalue weighted by Gasteiger charge is -2.27. The molecule has 0 aliphatic heterocycles. The molecule has 2 atom stereocenters. The lowest BCUT2D eigenvalue weighted by molar-refractivity contribution is -0.123. The molecule has 0 amide bonds. The number of rotatable bonds is 10. The highest BCUT2D eigenvalue weighted by atomic mass is 16.5. The molecule has 1 aromatic rings. The van der Waals surface area contributed by atoms with Gasteiger partial charge < -0.3 is 4.74 Å². The number of Topliss-reactive ketones (excluding diaryl/α,β-unsaturated/α-hetero) is 1. The summed E-state index contributed by atoms with van der Waals surface area (Å²) in [4.78, 5) is 12.4. The molecule has 0 bridgehead atoms. The molecule has 0 aromatic heterocycles. The molecule has 0 radical (unpaired) electrons. The molecule has 2 unspecified atom stereocenters. The number of ketones is 1. The maximum atomic E-state index is 12.4. The Hall–Kier alpha value is -1.31. The van der Waals surface area contributed by atoms with E-state index < -0.39 is 0 Å². The summed E-state index contributed by atoms with van der Waals surface area (Å²) in [5.41, 5.74) is 1.17. The Bertz CT molecular complexity index is 477. The fourth-order valence-corrected chi connectivity index (χ4v) is 3.79. The van der Waals surface area contributed by atoms with E-state index in [9.17, 15) is 4.79 Å². The first-order chi connectivity index (χ1) is 11.7. The lowest BCUT2D eigenvalue weighted by Crippen LogP contribution is -2.23. The van der Waals surface area contributed by atoms with Gasteiger partial charge in [-0.05, 0) is 42.9 Å². The predicted octanol–water partition coefficient (Wildman–Crippen LogP) is 6.29. The van der Waals surface area contributed by atoms with Crippen molar-refractivity contribution in [3.05, 3.63) is 29.8 Å². The van der Waals surface area contributed by atoms with Gasteiger partial charge in [0, 0.05) is 12.3 Å². The third kappa shape index (κ3) is 5.96. The summed E-state index contributed by atoms with van der Waals surface area (Å²) in [5, 5.41) is 0. The van der Waals surface area contributed by atoms with Crippen LogP contribution in [0.1, 0.15) is 89.5 Å². The number of unbranched alkanes of at least 4 members (excludes halogenated alkanes) is 4. The van der Waals surface area contributed by atoms with Gasteiger partial charge in [-0.2, -0.15) is 0 Å². The van der Waals surface area contributed by atoms with Crippen molar-refractivity contribution in [1.29, 1.82) is 0 Å². The average molecular weight is 331 g/mol. The molecule has 1 aliphatic rings. The number of carbonyl (C=O) groups is 1. The first-order valence-corrected chi connectivity index (χ1v) is 10.00. The summed E-state index contributed by atoms with van der Waals surface area (Å²) in [5.74, 6) is 2.10. The van der Waals surface area contributed by atoms with E-state index in [1.807, 2.05) is 12.1 Å². The minimum atomic E-state index is 0.112. The van der Waals surface area contributed by atoms with Crippen LogP contribution in [0, 0.1) is 5.92 Å². The van der Waals surface area contributed by atoms with Gasteiger partial charge in [-0.25, -0.2) is 0 Å². The van der Waals surface area contributed by atoms with E-state index in [0.717, 1.165) is 31.6 Å². The number of carbonyl (C=O) groups excluding carboxylic acids is 1. The summed E-state index contributed by atoms with van der Waals surface area (Å²) in [7, 11) is 0. The van der Waals surface area contributed by atoms with Gasteiger partial charge in [-0.1, -0.05) is 64.5 Å². The van der Waals surface area contributed by atoms with Crippen LogP contribution in [0.4, 0.5) is 0 Å². The smallest absolute Gasteiger partial charge is 0.140 e. The van der Waals surface area contributed by atoms with Crippen LogP contribution in [0.15, 0.2) is 24.3 Å². The highest BCUT2D eigenvalue weighted by molar-refractivity contribution is 5.86. The number of benzene rings is 1. The minimum Gasteiger partial charge on any atom is -0.494 e. The summed E-state index contributed by atoms with van der Waals surface area (Å²) >= 11 is 0. The molecule has 134 valence electrons. The van der Waals surface area contributed by atoms with Crippen molar-refractivity contribution in [3.8, 4) is 5.75 Å². The van der Waals surface area contributed by atoms with Crippen LogP contribution in [-0.2, 0) is 4.79 Å². The molecule has 0 spiro atoms. The Kier molecular flexibility index (Phi) is 8.35. The van der Waals surface area contributed by atoms with Crippen molar-refractivity contribution in [3.63, 3.8) is 0 Å². The number of hydrogen-bond donors (Lipinski definition) is 0. The molecule has 1 aromatic carbocycles. The lowest BCUT2D eigenvalue weighted by atomic mass is 9.76. The number of hydrogen-bond acceptors (Lipinski definition) is 2. The van der Waals surface area contributed by atoms with Crippen molar-refractivity contribution < 1.29 is 9.53 Å². The van der Waals surface area contributed by atoms with E-state index in [2.05, 4.69) is 26.0 Å². The van der Waals surface area contributed by atoms with Crippen molar-refractivity contribution in [2.24, 2.45) is 5.92 Å². The monoisotopic (exact) mass is 330 g/mol. The maximum absolute atomic E-state index is 12.4. The van der Waals surface area contributed by atoms with Crippen molar-refractivity contribution >= 4 is 5.78 Å². The summed E-state index contributed by atoms with van der Waals surface area (Å²) in [6, 6.07) is 8.25. The van der Waals surface area contributed by atoms with Crippen LogP contribution in [0.5, 0.6) is 5.75 Å². The third-order valence-corrected chi connectivity index (χ3v) is 5.24. The second-order valence-electron chi connectivity index (χ2n) is 7.29. The zero-order valence-corrected chi connectivity index (χ0v) is 15.6. The molecule has 2 nitrogen and oxygen atoms in total. The van der Waals surface area contributed by atoms with Crippen LogP contribution >= 0.6 is 0 Å². The first-order valence-electron chi connectivity index (χ1n) is 10.00. The van der Waals surface area contributed by atoms with E-state index >= 15 is 0 Å². The van der Waals surface area contributed by atoms with Gasteiger partial charge in [0.25, 0.3) is 0 Å².